The number of carbonyl (C=O) groups is 1. The summed E-state index contributed by atoms with van der Waals surface area (Å²) >= 11 is 0. The standard InChI is InChI=1S/C32H46N2O4/c1-18(4-9-29(38)34-21-6-5-19-11-13-33-26(19)16-21)23-7-8-24-30-25(17-28(37)32(23,24)3)31(2)12-10-22(35)14-20(31)15-27(30)36/h5-6,11,13,16,18,20,22-25,27-28,30,33,35-37H,4,7-10,12,14-15,17H2,1-3H3,(H,34,38)/t18-,20+,22-,23-,24+,25+,27-,28+,30+,31+,32-/m1/s1. The third-order valence-electron chi connectivity index (χ3n) is 12.2. The molecular weight excluding hydrogens is 476 g/mol. The first kappa shape index (κ1) is 26.3. The van der Waals surface area contributed by atoms with Crippen LogP contribution in [-0.4, -0.2) is 44.5 Å². The molecule has 0 radical (unpaired) electrons. The van der Waals surface area contributed by atoms with Crippen molar-refractivity contribution < 1.29 is 20.1 Å². The Balaban J connectivity index is 1.13. The fourth-order valence-corrected chi connectivity index (χ4v) is 10.0. The number of carbonyl (C=O) groups excluding carboxylic acids is 1. The van der Waals surface area contributed by atoms with Gasteiger partial charge in [-0.15, -0.1) is 0 Å². The van der Waals surface area contributed by atoms with Crippen LogP contribution in [0.5, 0.6) is 0 Å². The largest absolute Gasteiger partial charge is 0.393 e. The molecule has 2 aromatic rings. The van der Waals surface area contributed by atoms with Crippen molar-refractivity contribution in [1.29, 1.82) is 0 Å². The number of amides is 1. The molecule has 0 spiro atoms. The molecule has 4 fully saturated rings. The molecule has 5 N–H and O–H groups in total. The van der Waals surface area contributed by atoms with Crippen LogP contribution in [0.1, 0.15) is 78.6 Å². The molecule has 208 valence electrons. The minimum atomic E-state index is -0.389. The number of aliphatic hydroxyl groups excluding tert-OH is 3. The highest BCUT2D eigenvalue weighted by Crippen LogP contribution is 2.68. The summed E-state index contributed by atoms with van der Waals surface area (Å²) in [4.78, 5) is 16.0. The fraction of sp³-hybridized carbons (Fsp3) is 0.719. The van der Waals surface area contributed by atoms with Gasteiger partial charge in [0.1, 0.15) is 0 Å². The van der Waals surface area contributed by atoms with Gasteiger partial charge in [0.25, 0.3) is 0 Å². The van der Waals surface area contributed by atoms with Crippen LogP contribution in [0.3, 0.4) is 0 Å². The summed E-state index contributed by atoms with van der Waals surface area (Å²) < 4.78 is 0. The average Bonchev–Trinajstić information content (AvgIpc) is 3.49. The van der Waals surface area contributed by atoms with E-state index in [4.69, 9.17) is 0 Å². The van der Waals surface area contributed by atoms with Gasteiger partial charge in [0.2, 0.25) is 5.91 Å². The summed E-state index contributed by atoms with van der Waals surface area (Å²) in [5.41, 5.74) is 1.69. The molecule has 1 aromatic heterocycles. The van der Waals surface area contributed by atoms with Gasteiger partial charge in [0, 0.05) is 23.8 Å². The first-order chi connectivity index (χ1) is 18.1. The molecule has 6 heteroatoms. The predicted octanol–water partition coefficient (Wildman–Crippen LogP) is 5.48. The summed E-state index contributed by atoms with van der Waals surface area (Å²) in [5.74, 6) is 1.89. The number of rotatable bonds is 5. The van der Waals surface area contributed by atoms with Crippen LogP contribution in [0, 0.1) is 46.3 Å². The number of aromatic amines is 1. The van der Waals surface area contributed by atoms with Crippen LogP contribution in [0.15, 0.2) is 30.5 Å². The first-order valence-electron chi connectivity index (χ1n) is 15.0. The molecule has 0 aliphatic heterocycles. The Hall–Kier alpha value is -1.89. The van der Waals surface area contributed by atoms with E-state index in [2.05, 4.69) is 31.1 Å². The van der Waals surface area contributed by atoms with E-state index in [1.807, 2.05) is 30.5 Å². The molecule has 4 saturated carbocycles. The highest BCUT2D eigenvalue weighted by Gasteiger charge is 2.65. The number of hydrogen-bond donors (Lipinski definition) is 5. The summed E-state index contributed by atoms with van der Waals surface area (Å²) in [5, 5.41) is 37.8. The zero-order valence-electron chi connectivity index (χ0n) is 23.2. The minimum absolute atomic E-state index is 0.0351. The van der Waals surface area contributed by atoms with Crippen molar-refractivity contribution in [3.8, 4) is 0 Å². The summed E-state index contributed by atoms with van der Waals surface area (Å²) in [6.45, 7) is 6.92. The molecule has 0 unspecified atom stereocenters. The van der Waals surface area contributed by atoms with Gasteiger partial charge in [0.15, 0.2) is 0 Å². The lowest BCUT2D eigenvalue weighted by atomic mass is 9.43. The number of H-pyrrole nitrogens is 1. The Morgan fingerprint density at radius 3 is 2.71 bits per heavy atom. The molecule has 4 aliphatic rings. The SMILES string of the molecule is C[C@H](CCC(=O)Nc1ccc2cc[nH]c2c1)[C@H]1CC[C@H]2[C@@H]3[C@H](O)C[C@@H]4C[C@H](O)CC[C@]4(C)[C@H]3C[C@H](O)[C@]12C. The quantitative estimate of drug-likeness (QED) is 0.358. The molecule has 6 rings (SSSR count). The molecule has 0 saturated heterocycles. The third-order valence-corrected chi connectivity index (χ3v) is 12.2. The highest BCUT2D eigenvalue weighted by molar-refractivity contribution is 5.93. The molecule has 38 heavy (non-hydrogen) atoms. The second-order valence-electron chi connectivity index (χ2n) is 13.9. The highest BCUT2D eigenvalue weighted by atomic mass is 16.3. The molecule has 1 aromatic carbocycles. The topological polar surface area (TPSA) is 106 Å². The monoisotopic (exact) mass is 522 g/mol. The number of nitrogens with one attached hydrogen (secondary N) is 2. The molecule has 4 aliphatic carbocycles. The molecular formula is C32H46N2O4. The second kappa shape index (κ2) is 9.64. The first-order valence-corrected chi connectivity index (χ1v) is 15.0. The van der Waals surface area contributed by atoms with E-state index >= 15 is 0 Å². The van der Waals surface area contributed by atoms with Crippen molar-refractivity contribution in [2.75, 3.05) is 5.32 Å². The van der Waals surface area contributed by atoms with Gasteiger partial charge in [-0.2, -0.15) is 0 Å². The molecule has 0 bridgehead atoms. The number of aromatic nitrogens is 1. The van der Waals surface area contributed by atoms with E-state index in [1.54, 1.807) is 0 Å². The maximum atomic E-state index is 12.8. The van der Waals surface area contributed by atoms with Crippen molar-refractivity contribution in [1.82, 2.24) is 4.98 Å². The second-order valence-corrected chi connectivity index (χ2v) is 13.9. The zero-order valence-corrected chi connectivity index (χ0v) is 23.2. The summed E-state index contributed by atoms with van der Waals surface area (Å²) in [6.07, 6.45) is 8.44. The van der Waals surface area contributed by atoms with Crippen molar-refractivity contribution in [3.63, 3.8) is 0 Å². The van der Waals surface area contributed by atoms with Crippen LogP contribution < -0.4 is 5.32 Å². The Morgan fingerprint density at radius 1 is 1.08 bits per heavy atom. The van der Waals surface area contributed by atoms with E-state index < -0.39 is 0 Å². The summed E-state index contributed by atoms with van der Waals surface area (Å²) in [6, 6.07) is 7.95. The number of benzene rings is 1. The molecule has 1 heterocycles. The van der Waals surface area contributed by atoms with Crippen molar-refractivity contribution in [3.05, 3.63) is 30.5 Å². The van der Waals surface area contributed by atoms with Gasteiger partial charge in [-0.3, -0.25) is 4.79 Å². The Kier molecular flexibility index (Phi) is 6.68. The van der Waals surface area contributed by atoms with Crippen LogP contribution in [-0.2, 0) is 4.79 Å². The maximum absolute atomic E-state index is 12.8. The smallest absolute Gasteiger partial charge is 0.224 e. The maximum Gasteiger partial charge on any atom is 0.224 e. The van der Waals surface area contributed by atoms with Crippen LogP contribution in [0.25, 0.3) is 10.9 Å². The van der Waals surface area contributed by atoms with E-state index in [0.717, 1.165) is 68.0 Å². The summed E-state index contributed by atoms with van der Waals surface area (Å²) in [7, 11) is 0. The van der Waals surface area contributed by atoms with E-state index in [0.29, 0.717) is 36.0 Å². The predicted molar refractivity (Wildman–Crippen MR) is 149 cm³/mol. The molecule has 6 nitrogen and oxygen atoms in total. The van der Waals surface area contributed by atoms with E-state index in [9.17, 15) is 20.1 Å². The number of hydrogen-bond acceptors (Lipinski definition) is 4. The van der Waals surface area contributed by atoms with Crippen molar-refractivity contribution in [2.24, 2.45) is 46.3 Å². The lowest BCUT2D eigenvalue weighted by Crippen LogP contribution is -2.62. The van der Waals surface area contributed by atoms with Crippen LogP contribution in [0.2, 0.25) is 0 Å². The number of anilines is 1. The van der Waals surface area contributed by atoms with E-state index in [-0.39, 0.29) is 41.0 Å². The number of fused-ring (bicyclic) bond motifs is 6. The Labute approximate surface area is 226 Å². The van der Waals surface area contributed by atoms with Gasteiger partial charge in [0.05, 0.1) is 18.3 Å². The van der Waals surface area contributed by atoms with Crippen LogP contribution in [0.4, 0.5) is 5.69 Å². The third kappa shape index (κ3) is 4.13. The molecule has 11 atom stereocenters. The lowest BCUT2D eigenvalue weighted by Gasteiger charge is -2.63. The Bertz CT molecular complexity index is 1180. The molecule has 1 amide bonds. The van der Waals surface area contributed by atoms with Crippen molar-refractivity contribution >= 4 is 22.5 Å². The fourth-order valence-electron chi connectivity index (χ4n) is 10.0. The van der Waals surface area contributed by atoms with Gasteiger partial charge in [-0.05, 0) is 121 Å². The van der Waals surface area contributed by atoms with Gasteiger partial charge in [-0.25, -0.2) is 0 Å². The average molecular weight is 523 g/mol. The zero-order chi connectivity index (χ0) is 26.8. The van der Waals surface area contributed by atoms with Crippen LogP contribution >= 0.6 is 0 Å². The Morgan fingerprint density at radius 2 is 1.89 bits per heavy atom. The van der Waals surface area contributed by atoms with Gasteiger partial charge >= 0.3 is 0 Å². The minimum Gasteiger partial charge on any atom is -0.393 e. The van der Waals surface area contributed by atoms with E-state index in [1.165, 1.54) is 0 Å². The van der Waals surface area contributed by atoms with Gasteiger partial charge in [-0.1, -0.05) is 26.8 Å². The van der Waals surface area contributed by atoms with Crippen molar-refractivity contribution in [2.45, 2.75) is 96.9 Å². The van der Waals surface area contributed by atoms with Gasteiger partial charge < -0.3 is 25.6 Å². The normalized spacial score (nSPS) is 43.2. The number of aliphatic hydroxyl groups is 3. The lowest BCUT2D eigenvalue weighted by molar-refractivity contribution is -0.207.